The molecule has 0 heterocycles. The standard InChI is InChI=1S/C19H23ClN2O3S2/c1-15-8-10-16(11-9-15)26-13-5-12-21-19(23)14-22(27(2,24)25)18-7-4-3-6-17(18)20/h3-4,6-11H,5,12-14H2,1-2H3,(H,21,23). The molecule has 0 aliphatic heterocycles. The maximum absolute atomic E-state index is 12.2. The number of aryl methyl sites for hydroxylation is 1. The van der Waals surface area contributed by atoms with Crippen LogP contribution in [0, 0.1) is 6.92 Å². The molecule has 2 aromatic carbocycles. The highest BCUT2D eigenvalue weighted by atomic mass is 35.5. The van der Waals surface area contributed by atoms with Crippen molar-refractivity contribution in [2.24, 2.45) is 0 Å². The number of anilines is 1. The number of thioether (sulfide) groups is 1. The molecule has 0 aromatic heterocycles. The number of nitrogens with zero attached hydrogens (tertiary/aromatic N) is 1. The Labute approximate surface area is 170 Å². The van der Waals surface area contributed by atoms with Crippen LogP contribution in [0.1, 0.15) is 12.0 Å². The van der Waals surface area contributed by atoms with Gasteiger partial charge in [0, 0.05) is 11.4 Å². The summed E-state index contributed by atoms with van der Waals surface area (Å²) in [6, 6.07) is 14.8. The van der Waals surface area contributed by atoms with Crippen molar-refractivity contribution >= 4 is 45.0 Å². The number of hydrogen-bond acceptors (Lipinski definition) is 4. The van der Waals surface area contributed by atoms with Crippen molar-refractivity contribution in [3.8, 4) is 0 Å². The Morgan fingerprint density at radius 1 is 1.15 bits per heavy atom. The minimum Gasteiger partial charge on any atom is -0.354 e. The largest absolute Gasteiger partial charge is 0.354 e. The van der Waals surface area contributed by atoms with E-state index in [1.807, 2.05) is 6.92 Å². The van der Waals surface area contributed by atoms with E-state index in [2.05, 4.69) is 29.6 Å². The number of carbonyl (C=O) groups excluding carboxylic acids is 1. The molecule has 0 saturated carbocycles. The van der Waals surface area contributed by atoms with Crippen LogP contribution in [0.5, 0.6) is 0 Å². The third-order valence-electron chi connectivity index (χ3n) is 3.74. The maximum atomic E-state index is 12.2. The van der Waals surface area contributed by atoms with Gasteiger partial charge in [0.2, 0.25) is 15.9 Å². The van der Waals surface area contributed by atoms with Crippen LogP contribution in [0.15, 0.2) is 53.4 Å². The van der Waals surface area contributed by atoms with Gasteiger partial charge >= 0.3 is 0 Å². The molecular weight excluding hydrogens is 404 g/mol. The van der Waals surface area contributed by atoms with E-state index in [0.717, 1.165) is 22.7 Å². The fraction of sp³-hybridized carbons (Fsp3) is 0.316. The fourth-order valence-corrected chi connectivity index (χ4v) is 4.35. The van der Waals surface area contributed by atoms with E-state index >= 15 is 0 Å². The number of para-hydroxylation sites is 1. The lowest BCUT2D eigenvalue weighted by Crippen LogP contribution is -2.40. The molecule has 5 nitrogen and oxygen atoms in total. The topological polar surface area (TPSA) is 66.5 Å². The zero-order chi connectivity index (χ0) is 19.9. The van der Waals surface area contributed by atoms with Crippen molar-refractivity contribution in [2.45, 2.75) is 18.2 Å². The minimum absolute atomic E-state index is 0.283. The van der Waals surface area contributed by atoms with Crippen LogP contribution in [-0.2, 0) is 14.8 Å². The fourth-order valence-electron chi connectivity index (χ4n) is 2.35. The molecule has 1 amide bonds. The van der Waals surface area contributed by atoms with E-state index in [4.69, 9.17) is 11.6 Å². The Bertz CT molecular complexity index is 871. The number of halogens is 1. The van der Waals surface area contributed by atoms with Crippen LogP contribution in [0.2, 0.25) is 5.02 Å². The summed E-state index contributed by atoms with van der Waals surface area (Å²) in [5, 5.41) is 3.05. The molecule has 0 bridgehead atoms. The lowest BCUT2D eigenvalue weighted by Gasteiger charge is -2.22. The predicted octanol–water partition coefficient (Wildman–Crippen LogP) is 3.71. The highest BCUT2D eigenvalue weighted by Gasteiger charge is 2.22. The SMILES string of the molecule is Cc1ccc(SCCCNC(=O)CN(c2ccccc2Cl)S(C)(=O)=O)cc1. The van der Waals surface area contributed by atoms with Crippen molar-refractivity contribution in [3.63, 3.8) is 0 Å². The van der Waals surface area contributed by atoms with E-state index in [0.29, 0.717) is 12.2 Å². The van der Waals surface area contributed by atoms with Gasteiger partial charge in [-0.05, 0) is 43.4 Å². The number of benzene rings is 2. The summed E-state index contributed by atoms with van der Waals surface area (Å²) in [5.41, 5.74) is 1.52. The van der Waals surface area contributed by atoms with Crippen molar-refractivity contribution in [1.82, 2.24) is 5.32 Å². The number of nitrogens with one attached hydrogen (secondary N) is 1. The van der Waals surface area contributed by atoms with Crippen molar-refractivity contribution < 1.29 is 13.2 Å². The second-order valence-electron chi connectivity index (χ2n) is 6.09. The smallest absolute Gasteiger partial charge is 0.240 e. The van der Waals surface area contributed by atoms with Gasteiger partial charge in [-0.1, -0.05) is 41.4 Å². The number of rotatable bonds is 9. The second kappa shape index (κ2) is 10.0. The van der Waals surface area contributed by atoms with Gasteiger partial charge in [0.05, 0.1) is 17.0 Å². The number of sulfonamides is 1. The highest BCUT2D eigenvalue weighted by Crippen LogP contribution is 2.26. The first kappa shape index (κ1) is 21.6. The lowest BCUT2D eigenvalue weighted by atomic mass is 10.2. The van der Waals surface area contributed by atoms with Gasteiger partial charge in [0.15, 0.2) is 0 Å². The summed E-state index contributed by atoms with van der Waals surface area (Å²) >= 11 is 7.80. The van der Waals surface area contributed by atoms with Gasteiger partial charge in [0.1, 0.15) is 6.54 Å². The molecule has 0 saturated heterocycles. The molecule has 0 atom stereocenters. The van der Waals surface area contributed by atoms with Gasteiger partial charge in [-0.2, -0.15) is 0 Å². The molecule has 0 aliphatic rings. The Balaban J connectivity index is 1.82. The quantitative estimate of drug-likeness (QED) is 0.490. The van der Waals surface area contributed by atoms with E-state index in [1.54, 1.807) is 36.0 Å². The first-order chi connectivity index (χ1) is 12.8. The molecule has 8 heteroatoms. The number of carbonyl (C=O) groups is 1. The molecule has 27 heavy (non-hydrogen) atoms. The minimum atomic E-state index is -3.63. The summed E-state index contributed by atoms with van der Waals surface area (Å²) in [6.07, 6.45) is 1.84. The van der Waals surface area contributed by atoms with Gasteiger partial charge in [-0.3, -0.25) is 9.10 Å². The predicted molar refractivity (Wildman–Crippen MR) is 113 cm³/mol. The molecule has 0 radical (unpaired) electrons. The molecule has 0 fully saturated rings. The van der Waals surface area contributed by atoms with Crippen LogP contribution in [0.4, 0.5) is 5.69 Å². The summed E-state index contributed by atoms with van der Waals surface area (Å²) in [5.74, 6) is 0.504. The molecule has 146 valence electrons. The van der Waals surface area contributed by atoms with Crippen LogP contribution >= 0.6 is 23.4 Å². The van der Waals surface area contributed by atoms with E-state index in [-0.39, 0.29) is 17.5 Å². The van der Waals surface area contributed by atoms with E-state index in [9.17, 15) is 13.2 Å². The monoisotopic (exact) mass is 426 g/mol. The van der Waals surface area contributed by atoms with Crippen LogP contribution in [0.3, 0.4) is 0 Å². The van der Waals surface area contributed by atoms with Gasteiger partial charge in [0.25, 0.3) is 0 Å². The summed E-state index contributed by atoms with van der Waals surface area (Å²) < 4.78 is 25.1. The van der Waals surface area contributed by atoms with Crippen LogP contribution in [-0.4, -0.2) is 39.4 Å². The summed E-state index contributed by atoms with van der Waals surface area (Å²) in [6.45, 7) is 2.23. The average Bonchev–Trinajstić information content (AvgIpc) is 2.61. The first-order valence-electron chi connectivity index (χ1n) is 8.46. The number of amides is 1. The third kappa shape index (κ3) is 7.08. The molecular formula is C19H23ClN2O3S2. The Morgan fingerprint density at radius 3 is 2.44 bits per heavy atom. The molecule has 2 aromatic rings. The second-order valence-corrected chi connectivity index (χ2v) is 9.57. The first-order valence-corrected chi connectivity index (χ1v) is 11.7. The zero-order valence-electron chi connectivity index (χ0n) is 15.3. The maximum Gasteiger partial charge on any atom is 0.240 e. The van der Waals surface area contributed by atoms with Gasteiger partial charge in [-0.25, -0.2) is 8.42 Å². The normalized spacial score (nSPS) is 11.2. The van der Waals surface area contributed by atoms with Crippen molar-refractivity contribution in [2.75, 3.05) is 29.4 Å². The molecule has 0 unspecified atom stereocenters. The van der Waals surface area contributed by atoms with Gasteiger partial charge in [-0.15, -0.1) is 11.8 Å². The summed E-state index contributed by atoms with van der Waals surface area (Å²) in [4.78, 5) is 13.4. The van der Waals surface area contributed by atoms with Crippen LogP contribution < -0.4 is 9.62 Å². The summed E-state index contributed by atoms with van der Waals surface area (Å²) in [7, 11) is -3.63. The molecule has 2 rings (SSSR count). The highest BCUT2D eigenvalue weighted by molar-refractivity contribution is 7.99. The Hall–Kier alpha value is -1.70. The number of hydrogen-bond donors (Lipinski definition) is 1. The average molecular weight is 427 g/mol. The Morgan fingerprint density at radius 2 is 1.81 bits per heavy atom. The van der Waals surface area contributed by atoms with Crippen molar-refractivity contribution in [3.05, 3.63) is 59.1 Å². The van der Waals surface area contributed by atoms with Crippen LogP contribution in [0.25, 0.3) is 0 Å². The zero-order valence-corrected chi connectivity index (χ0v) is 17.7. The molecule has 1 N–H and O–H groups in total. The van der Waals surface area contributed by atoms with Gasteiger partial charge < -0.3 is 5.32 Å². The molecule has 0 spiro atoms. The van der Waals surface area contributed by atoms with Crippen molar-refractivity contribution in [1.29, 1.82) is 0 Å². The Kier molecular flexibility index (Phi) is 8.01. The molecule has 0 aliphatic carbocycles. The van der Waals surface area contributed by atoms with E-state index < -0.39 is 10.0 Å². The third-order valence-corrected chi connectivity index (χ3v) is 6.29. The lowest BCUT2D eigenvalue weighted by molar-refractivity contribution is -0.119. The van der Waals surface area contributed by atoms with E-state index in [1.165, 1.54) is 10.5 Å².